The zero-order chi connectivity index (χ0) is 9.26. The van der Waals surface area contributed by atoms with Crippen molar-refractivity contribution in [1.29, 1.82) is 0 Å². The highest BCUT2D eigenvalue weighted by molar-refractivity contribution is 7.08. The SMILES string of the molecule is CC(C)[C@@H]1COC(c2ccsc2)=N1. The minimum atomic E-state index is 0.342. The molecule has 0 spiro atoms. The van der Waals surface area contributed by atoms with Crippen LogP contribution in [0.5, 0.6) is 0 Å². The lowest BCUT2D eigenvalue weighted by Gasteiger charge is -2.06. The normalized spacial score (nSPS) is 21.8. The van der Waals surface area contributed by atoms with Gasteiger partial charge in [0.15, 0.2) is 0 Å². The molecule has 2 rings (SSSR count). The highest BCUT2D eigenvalue weighted by atomic mass is 32.1. The molecule has 0 bridgehead atoms. The van der Waals surface area contributed by atoms with Crippen molar-refractivity contribution >= 4 is 17.2 Å². The maximum absolute atomic E-state index is 5.53. The molecule has 0 aliphatic carbocycles. The number of thiophene rings is 1. The lowest BCUT2D eigenvalue weighted by molar-refractivity contribution is 0.292. The van der Waals surface area contributed by atoms with Gasteiger partial charge in [0, 0.05) is 10.9 Å². The summed E-state index contributed by atoms with van der Waals surface area (Å²) in [5.41, 5.74) is 1.12. The monoisotopic (exact) mass is 195 g/mol. The summed E-state index contributed by atoms with van der Waals surface area (Å²) in [6.45, 7) is 5.09. The van der Waals surface area contributed by atoms with Gasteiger partial charge in [-0.3, -0.25) is 0 Å². The van der Waals surface area contributed by atoms with Gasteiger partial charge in [0.2, 0.25) is 5.90 Å². The van der Waals surface area contributed by atoms with Gasteiger partial charge in [-0.1, -0.05) is 13.8 Å². The molecule has 2 nitrogen and oxygen atoms in total. The molecule has 0 N–H and O–H groups in total. The summed E-state index contributed by atoms with van der Waals surface area (Å²) >= 11 is 1.68. The zero-order valence-electron chi connectivity index (χ0n) is 7.86. The number of hydrogen-bond donors (Lipinski definition) is 0. The van der Waals surface area contributed by atoms with Crippen molar-refractivity contribution < 1.29 is 4.74 Å². The minimum Gasteiger partial charge on any atom is -0.475 e. The minimum absolute atomic E-state index is 0.342. The lowest BCUT2D eigenvalue weighted by Crippen LogP contribution is -2.13. The number of rotatable bonds is 2. The molecule has 1 aromatic rings. The lowest BCUT2D eigenvalue weighted by atomic mass is 10.1. The molecule has 1 aliphatic heterocycles. The van der Waals surface area contributed by atoms with E-state index in [1.54, 1.807) is 11.3 Å². The van der Waals surface area contributed by atoms with Crippen LogP contribution in [0.2, 0.25) is 0 Å². The van der Waals surface area contributed by atoms with E-state index in [9.17, 15) is 0 Å². The van der Waals surface area contributed by atoms with Crippen LogP contribution in [0.4, 0.5) is 0 Å². The Morgan fingerprint density at radius 3 is 3.00 bits per heavy atom. The average molecular weight is 195 g/mol. The molecule has 0 unspecified atom stereocenters. The Morgan fingerprint density at radius 2 is 2.46 bits per heavy atom. The molecule has 70 valence electrons. The molecule has 0 fully saturated rings. The number of hydrogen-bond acceptors (Lipinski definition) is 3. The first-order valence-electron chi connectivity index (χ1n) is 4.50. The molecule has 0 saturated carbocycles. The molecule has 0 saturated heterocycles. The van der Waals surface area contributed by atoms with Gasteiger partial charge < -0.3 is 4.74 Å². The quantitative estimate of drug-likeness (QED) is 0.710. The maximum Gasteiger partial charge on any atom is 0.217 e. The Labute approximate surface area is 82.3 Å². The van der Waals surface area contributed by atoms with E-state index in [-0.39, 0.29) is 0 Å². The van der Waals surface area contributed by atoms with Gasteiger partial charge in [-0.15, -0.1) is 0 Å². The highest BCUT2D eigenvalue weighted by Crippen LogP contribution is 2.18. The molecule has 1 atom stereocenters. The molecule has 1 aromatic heterocycles. The summed E-state index contributed by atoms with van der Waals surface area (Å²) in [4.78, 5) is 4.53. The Morgan fingerprint density at radius 1 is 1.62 bits per heavy atom. The third-order valence-electron chi connectivity index (χ3n) is 2.21. The van der Waals surface area contributed by atoms with Gasteiger partial charge in [0.05, 0.1) is 6.04 Å². The summed E-state index contributed by atoms with van der Waals surface area (Å²) in [5, 5.41) is 4.12. The first kappa shape index (κ1) is 8.75. The molecular weight excluding hydrogens is 182 g/mol. The molecule has 0 aromatic carbocycles. The summed E-state index contributed by atoms with van der Waals surface area (Å²) in [5.74, 6) is 1.39. The van der Waals surface area contributed by atoms with Crippen molar-refractivity contribution in [2.75, 3.05) is 6.61 Å². The van der Waals surface area contributed by atoms with Gasteiger partial charge in [-0.2, -0.15) is 11.3 Å². The van der Waals surface area contributed by atoms with E-state index in [1.807, 2.05) is 11.4 Å². The summed E-state index contributed by atoms with van der Waals surface area (Å²) in [6.07, 6.45) is 0. The Balaban J connectivity index is 2.15. The first-order valence-corrected chi connectivity index (χ1v) is 5.45. The number of ether oxygens (including phenoxy) is 1. The fourth-order valence-corrected chi connectivity index (χ4v) is 1.90. The van der Waals surface area contributed by atoms with Crippen LogP contribution in [-0.2, 0) is 4.74 Å². The van der Waals surface area contributed by atoms with Crippen molar-refractivity contribution in [2.45, 2.75) is 19.9 Å². The molecule has 3 heteroatoms. The van der Waals surface area contributed by atoms with Crippen LogP contribution in [0.3, 0.4) is 0 Å². The first-order chi connectivity index (χ1) is 6.27. The smallest absolute Gasteiger partial charge is 0.217 e. The fourth-order valence-electron chi connectivity index (χ4n) is 1.28. The Bertz CT molecular complexity index is 303. The van der Waals surface area contributed by atoms with Crippen molar-refractivity contribution in [3.8, 4) is 0 Å². The third kappa shape index (κ3) is 1.75. The van der Waals surface area contributed by atoms with Crippen molar-refractivity contribution in [1.82, 2.24) is 0 Å². The van der Waals surface area contributed by atoms with Crippen molar-refractivity contribution in [3.63, 3.8) is 0 Å². The van der Waals surface area contributed by atoms with Gasteiger partial charge in [-0.25, -0.2) is 4.99 Å². The van der Waals surface area contributed by atoms with Gasteiger partial charge in [0.25, 0.3) is 0 Å². The van der Waals surface area contributed by atoms with E-state index in [0.29, 0.717) is 12.0 Å². The fraction of sp³-hybridized carbons (Fsp3) is 0.500. The summed E-state index contributed by atoms with van der Waals surface area (Å²) in [6, 6.07) is 2.39. The molecule has 0 radical (unpaired) electrons. The predicted molar refractivity (Wildman–Crippen MR) is 55.4 cm³/mol. The van der Waals surface area contributed by atoms with E-state index >= 15 is 0 Å². The second kappa shape index (κ2) is 3.50. The third-order valence-corrected chi connectivity index (χ3v) is 2.89. The second-order valence-electron chi connectivity index (χ2n) is 3.57. The highest BCUT2D eigenvalue weighted by Gasteiger charge is 2.22. The largest absolute Gasteiger partial charge is 0.475 e. The molecule has 13 heavy (non-hydrogen) atoms. The molecular formula is C10H13NOS. The van der Waals surface area contributed by atoms with E-state index in [2.05, 4.69) is 24.2 Å². The van der Waals surface area contributed by atoms with Crippen LogP contribution in [0, 0.1) is 5.92 Å². The molecule has 0 amide bonds. The van der Waals surface area contributed by atoms with Crippen LogP contribution < -0.4 is 0 Å². The second-order valence-corrected chi connectivity index (χ2v) is 4.35. The average Bonchev–Trinajstić information content (AvgIpc) is 2.75. The van der Waals surface area contributed by atoms with Crippen molar-refractivity contribution in [3.05, 3.63) is 22.4 Å². The topological polar surface area (TPSA) is 21.6 Å². The maximum atomic E-state index is 5.53. The van der Waals surface area contributed by atoms with E-state index in [4.69, 9.17) is 4.74 Å². The van der Waals surface area contributed by atoms with E-state index < -0.39 is 0 Å². The van der Waals surface area contributed by atoms with Crippen molar-refractivity contribution in [2.24, 2.45) is 10.9 Å². The summed E-state index contributed by atoms with van der Waals surface area (Å²) in [7, 11) is 0. The standard InChI is InChI=1S/C10H13NOS/c1-7(2)9-5-12-10(11-9)8-3-4-13-6-8/h3-4,6-7,9H,5H2,1-2H3/t9-/m0/s1. The van der Waals surface area contributed by atoms with Crippen LogP contribution >= 0.6 is 11.3 Å². The number of nitrogens with zero attached hydrogens (tertiary/aromatic N) is 1. The molecule has 1 aliphatic rings. The predicted octanol–water partition coefficient (Wildman–Crippen LogP) is 2.55. The van der Waals surface area contributed by atoms with Crippen LogP contribution in [-0.4, -0.2) is 18.5 Å². The van der Waals surface area contributed by atoms with Crippen LogP contribution in [0.15, 0.2) is 21.8 Å². The van der Waals surface area contributed by atoms with E-state index in [0.717, 1.165) is 18.1 Å². The number of aliphatic imine (C=N–C) groups is 1. The van der Waals surface area contributed by atoms with Crippen LogP contribution in [0.25, 0.3) is 0 Å². The van der Waals surface area contributed by atoms with Gasteiger partial charge >= 0.3 is 0 Å². The van der Waals surface area contributed by atoms with E-state index in [1.165, 1.54) is 0 Å². The molecule has 2 heterocycles. The van der Waals surface area contributed by atoms with Gasteiger partial charge in [-0.05, 0) is 17.4 Å². The van der Waals surface area contributed by atoms with Crippen LogP contribution in [0.1, 0.15) is 19.4 Å². The Hall–Kier alpha value is -0.830. The Kier molecular flexibility index (Phi) is 2.36. The van der Waals surface area contributed by atoms with Gasteiger partial charge in [0.1, 0.15) is 6.61 Å². The summed E-state index contributed by atoms with van der Waals surface area (Å²) < 4.78 is 5.53. The zero-order valence-corrected chi connectivity index (χ0v) is 8.67.